The molecule has 7 heteroatoms. The van der Waals surface area contributed by atoms with E-state index in [1.807, 2.05) is 6.92 Å². The molecule has 27 heavy (non-hydrogen) atoms. The number of halogens is 1. The number of hydrogen-bond acceptors (Lipinski definition) is 5. The van der Waals surface area contributed by atoms with Crippen LogP contribution < -0.4 is 5.73 Å². The Morgan fingerprint density at radius 2 is 1.89 bits per heavy atom. The summed E-state index contributed by atoms with van der Waals surface area (Å²) < 4.78 is 45.5. The van der Waals surface area contributed by atoms with Crippen LogP contribution in [0.1, 0.15) is 24.0 Å². The lowest BCUT2D eigenvalue weighted by Gasteiger charge is -2.14. The number of sulfone groups is 1. The van der Waals surface area contributed by atoms with E-state index < -0.39 is 38.2 Å². The summed E-state index contributed by atoms with van der Waals surface area (Å²) in [6.07, 6.45) is 0. The molecule has 1 saturated carbocycles. The van der Waals surface area contributed by atoms with E-state index in [-0.39, 0.29) is 18.0 Å². The van der Waals surface area contributed by atoms with Gasteiger partial charge in [0, 0.05) is 12.5 Å². The van der Waals surface area contributed by atoms with Crippen molar-refractivity contribution in [3.8, 4) is 0 Å². The zero-order valence-corrected chi connectivity index (χ0v) is 16.0. The third kappa shape index (κ3) is 3.15. The van der Waals surface area contributed by atoms with Crippen LogP contribution >= 0.6 is 0 Å². The van der Waals surface area contributed by atoms with E-state index in [1.165, 1.54) is 30.3 Å². The maximum atomic E-state index is 13.8. The Morgan fingerprint density at radius 3 is 2.44 bits per heavy atom. The average Bonchev–Trinajstić information content (AvgIpc) is 3.34. The minimum atomic E-state index is -3.88. The van der Waals surface area contributed by atoms with Gasteiger partial charge in [-0.15, -0.1) is 0 Å². The molecule has 2 N–H and O–H groups in total. The molecule has 0 amide bonds. The molecular weight excluding hydrogens is 369 g/mol. The van der Waals surface area contributed by atoms with Gasteiger partial charge in [0.05, 0.1) is 16.8 Å². The Kier molecular flexibility index (Phi) is 5.10. The van der Waals surface area contributed by atoms with Gasteiger partial charge in [0.2, 0.25) is 0 Å². The number of nitrogens with two attached hydrogens (primary N) is 1. The Labute approximate surface area is 158 Å². The zero-order valence-electron chi connectivity index (χ0n) is 15.2. The van der Waals surface area contributed by atoms with E-state index in [4.69, 9.17) is 10.5 Å². The van der Waals surface area contributed by atoms with Gasteiger partial charge in [0.1, 0.15) is 11.2 Å². The molecule has 3 atom stereocenters. The van der Waals surface area contributed by atoms with E-state index in [1.54, 1.807) is 25.1 Å². The lowest BCUT2D eigenvalue weighted by atomic mass is 9.99. The van der Waals surface area contributed by atoms with Gasteiger partial charge in [-0.2, -0.15) is 0 Å². The van der Waals surface area contributed by atoms with Gasteiger partial charge in [0.25, 0.3) is 0 Å². The van der Waals surface area contributed by atoms with E-state index in [2.05, 4.69) is 0 Å². The topological polar surface area (TPSA) is 86.5 Å². The summed E-state index contributed by atoms with van der Waals surface area (Å²) in [6.45, 7) is 3.40. The Hall–Kier alpha value is -2.25. The van der Waals surface area contributed by atoms with E-state index in [0.717, 1.165) is 5.56 Å². The first-order valence-corrected chi connectivity index (χ1v) is 10.3. The standard InChI is InChI=1S/C20H22FNO4S/c1-3-26-19(23)20(12-22)17(14-5-4-6-15(21)11-14)18(20)27(24,25)16-9-7-13(2)8-10-16/h4-11,17-18H,3,12,22H2,1-2H3/t17-,18-,20+/m0/s1. The number of rotatable bonds is 6. The van der Waals surface area contributed by atoms with Gasteiger partial charge in [-0.1, -0.05) is 29.8 Å². The summed E-state index contributed by atoms with van der Waals surface area (Å²) in [5, 5.41) is -1.10. The van der Waals surface area contributed by atoms with E-state index in [9.17, 15) is 17.6 Å². The molecule has 0 heterocycles. The van der Waals surface area contributed by atoms with Gasteiger partial charge >= 0.3 is 5.97 Å². The summed E-state index contributed by atoms with van der Waals surface area (Å²) in [7, 11) is -3.88. The number of carbonyl (C=O) groups is 1. The predicted octanol–water partition coefficient (Wildman–Crippen LogP) is 2.58. The monoisotopic (exact) mass is 391 g/mol. The quantitative estimate of drug-likeness (QED) is 0.765. The molecule has 1 aliphatic rings. The number of carbonyl (C=O) groups excluding carboxylic acids is 1. The fraction of sp³-hybridized carbons (Fsp3) is 0.350. The second-order valence-corrected chi connectivity index (χ2v) is 8.85. The van der Waals surface area contributed by atoms with Crippen LogP contribution in [-0.4, -0.2) is 32.8 Å². The van der Waals surface area contributed by atoms with Crippen LogP contribution in [0.15, 0.2) is 53.4 Å². The van der Waals surface area contributed by atoms with Crippen LogP contribution in [0.2, 0.25) is 0 Å². The smallest absolute Gasteiger partial charge is 0.315 e. The third-order valence-corrected chi connectivity index (χ3v) is 7.43. The highest BCUT2D eigenvalue weighted by Crippen LogP contribution is 2.64. The summed E-state index contributed by atoms with van der Waals surface area (Å²) in [5.41, 5.74) is 5.82. The Balaban J connectivity index is 2.12. The van der Waals surface area contributed by atoms with Crippen molar-refractivity contribution in [3.63, 3.8) is 0 Å². The maximum Gasteiger partial charge on any atom is 0.315 e. The van der Waals surface area contributed by atoms with Gasteiger partial charge in [0.15, 0.2) is 9.84 Å². The van der Waals surface area contributed by atoms with Gasteiger partial charge in [-0.25, -0.2) is 12.8 Å². The van der Waals surface area contributed by atoms with Crippen LogP contribution in [0.3, 0.4) is 0 Å². The zero-order chi connectivity index (χ0) is 19.8. The van der Waals surface area contributed by atoms with Crippen molar-refractivity contribution in [2.75, 3.05) is 13.2 Å². The fourth-order valence-corrected chi connectivity index (χ4v) is 6.12. The lowest BCUT2D eigenvalue weighted by Crippen LogP contribution is -2.33. The Morgan fingerprint density at radius 1 is 1.22 bits per heavy atom. The molecular formula is C20H22FNO4S. The highest BCUT2D eigenvalue weighted by molar-refractivity contribution is 7.92. The molecule has 2 aromatic rings. The third-order valence-electron chi connectivity index (χ3n) is 5.14. The minimum Gasteiger partial charge on any atom is -0.465 e. The first kappa shape index (κ1) is 19.5. The van der Waals surface area contributed by atoms with Crippen molar-refractivity contribution in [1.29, 1.82) is 0 Å². The van der Waals surface area contributed by atoms with Crippen LogP contribution in [0.25, 0.3) is 0 Å². The maximum absolute atomic E-state index is 13.8. The predicted molar refractivity (Wildman–Crippen MR) is 99.4 cm³/mol. The summed E-state index contributed by atoms with van der Waals surface area (Å²) in [5.74, 6) is -1.92. The molecule has 3 rings (SSSR count). The van der Waals surface area contributed by atoms with Crippen molar-refractivity contribution in [1.82, 2.24) is 0 Å². The SMILES string of the molecule is CCOC(=O)[C@]1(CN)[C@@H](c2cccc(F)c2)[C@@H]1S(=O)(=O)c1ccc(C)cc1. The number of aryl methyl sites for hydroxylation is 1. The van der Waals surface area contributed by atoms with Gasteiger partial charge in [-0.05, 0) is 43.7 Å². The van der Waals surface area contributed by atoms with Crippen molar-refractivity contribution in [3.05, 3.63) is 65.5 Å². The number of ether oxygens (including phenoxy) is 1. The number of esters is 1. The van der Waals surface area contributed by atoms with Crippen molar-refractivity contribution < 1.29 is 22.3 Å². The minimum absolute atomic E-state index is 0.105. The molecule has 0 aliphatic heterocycles. The summed E-state index contributed by atoms with van der Waals surface area (Å²) in [4.78, 5) is 12.8. The van der Waals surface area contributed by atoms with Crippen molar-refractivity contribution in [2.45, 2.75) is 29.9 Å². The highest BCUT2D eigenvalue weighted by atomic mass is 32.2. The summed E-state index contributed by atoms with van der Waals surface area (Å²) >= 11 is 0. The molecule has 144 valence electrons. The molecule has 0 saturated heterocycles. The molecule has 0 aromatic heterocycles. The van der Waals surface area contributed by atoms with Crippen LogP contribution in [-0.2, 0) is 19.4 Å². The number of hydrogen-bond donors (Lipinski definition) is 1. The van der Waals surface area contributed by atoms with Crippen LogP contribution in [0.5, 0.6) is 0 Å². The largest absolute Gasteiger partial charge is 0.465 e. The average molecular weight is 391 g/mol. The molecule has 0 unspecified atom stereocenters. The molecule has 1 aliphatic carbocycles. The fourth-order valence-electron chi connectivity index (χ4n) is 3.74. The van der Waals surface area contributed by atoms with Crippen LogP contribution in [0, 0.1) is 18.2 Å². The molecule has 1 fully saturated rings. The van der Waals surface area contributed by atoms with Crippen molar-refractivity contribution in [2.24, 2.45) is 11.1 Å². The molecule has 0 spiro atoms. The first-order chi connectivity index (χ1) is 12.8. The highest BCUT2D eigenvalue weighted by Gasteiger charge is 2.75. The normalized spacial score (nSPS) is 24.4. The Bertz CT molecular complexity index is 958. The lowest BCUT2D eigenvalue weighted by molar-refractivity contribution is -0.149. The molecule has 5 nitrogen and oxygen atoms in total. The van der Waals surface area contributed by atoms with E-state index >= 15 is 0 Å². The van der Waals surface area contributed by atoms with E-state index in [0.29, 0.717) is 5.56 Å². The van der Waals surface area contributed by atoms with Crippen LogP contribution in [0.4, 0.5) is 4.39 Å². The first-order valence-electron chi connectivity index (χ1n) is 8.72. The molecule has 0 bridgehead atoms. The molecule has 0 radical (unpaired) electrons. The summed E-state index contributed by atoms with van der Waals surface area (Å²) in [6, 6.07) is 12.0. The van der Waals surface area contributed by atoms with Gasteiger partial charge in [-0.3, -0.25) is 4.79 Å². The van der Waals surface area contributed by atoms with Crippen molar-refractivity contribution >= 4 is 15.8 Å². The number of benzene rings is 2. The molecule has 2 aromatic carbocycles. The van der Waals surface area contributed by atoms with Gasteiger partial charge < -0.3 is 10.5 Å². The second-order valence-electron chi connectivity index (χ2n) is 6.78. The second kappa shape index (κ2) is 7.05.